The largest absolute Gasteiger partial charge is 0.488 e. The van der Waals surface area contributed by atoms with Crippen LogP contribution < -0.4 is 4.74 Å². The third-order valence-corrected chi connectivity index (χ3v) is 5.53. The van der Waals surface area contributed by atoms with Gasteiger partial charge in [-0.15, -0.1) is 0 Å². The van der Waals surface area contributed by atoms with Crippen LogP contribution in [-0.2, 0) is 9.47 Å². The number of para-hydroxylation sites is 1. The second kappa shape index (κ2) is 6.80. The first kappa shape index (κ1) is 15.4. The fourth-order valence-electron chi connectivity index (χ4n) is 4.15. The number of nitrogens with zero attached hydrogens (tertiary/aromatic N) is 1. The second-order valence-corrected chi connectivity index (χ2v) is 7.28. The zero-order valence-corrected chi connectivity index (χ0v) is 13.8. The van der Waals surface area contributed by atoms with Gasteiger partial charge in [0.2, 0.25) is 0 Å². The van der Waals surface area contributed by atoms with Crippen molar-refractivity contribution in [2.24, 2.45) is 5.92 Å². The molecule has 0 aliphatic carbocycles. The summed E-state index contributed by atoms with van der Waals surface area (Å²) in [6, 6.07) is 10.1. The summed E-state index contributed by atoms with van der Waals surface area (Å²) in [5, 5.41) is 0. The lowest BCUT2D eigenvalue weighted by Gasteiger charge is -2.39. The van der Waals surface area contributed by atoms with Crippen LogP contribution in [0.4, 0.5) is 0 Å². The van der Waals surface area contributed by atoms with E-state index in [9.17, 15) is 0 Å². The van der Waals surface area contributed by atoms with Crippen molar-refractivity contribution >= 4 is 0 Å². The Hall–Kier alpha value is -1.10. The van der Waals surface area contributed by atoms with E-state index in [1.54, 1.807) is 0 Å². The molecule has 3 saturated heterocycles. The van der Waals surface area contributed by atoms with Gasteiger partial charge in [-0.3, -0.25) is 0 Å². The van der Waals surface area contributed by atoms with Gasteiger partial charge < -0.3 is 19.1 Å². The Morgan fingerprint density at radius 2 is 1.96 bits per heavy atom. The maximum absolute atomic E-state index is 6.21. The normalized spacial score (nSPS) is 30.8. The molecule has 3 fully saturated rings. The van der Waals surface area contributed by atoms with Gasteiger partial charge in [0.05, 0.1) is 18.8 Å². The summed E-state index contributed by atoms with van der Waals surface area (Å²) < 4.78 is 17.8. The summed E-state index contributed by atoms with van der Waals surface area (Å²) >= 11 is 0. The molecule has 0 bridgehead atoms. The molecule has 0 N–H and O–H groups in total. The second-order valence-electron chi connectivity index (χ2n) is 7.28. The highest BCUT2D eigenvalue weighted by Crippen LogP contribution is 2.37. The lowest BCUT2D eigenvalue weighted by Crippen LogP contribution is -2.45. The van der Waals surface area contributed by atoms with Gasteiger partial charge in [0.25, 0.3) is 0 Å². The molecule has 3 heterocycles. The highest BCUT2D eigenvalue weighted by atomic mass is 16.6. The summed E-state index contributed by atoms with van der Waals surface area (Å²) in [4.78, 5) is 2.60. The Kier molecular flexibility index (Phi) is 4.56. The molecular formula is C19H27NO3. The highest BCUT2D eigenvalue weighted by molar-refractivity contribution is 5.21. The van der Waals surface area contributed by atoms with Gasteiger partial charge in [0.15, 0.2) is 0 Å². The number of benzene rings is 1. The van der Waals surface area contributed by atoms with Gasteiger partial charge >= 0.3 is 0 Å². The molecule has 23 heavy (non-hydrogen) atoms. The number of piperidine rings is 1. The quantitative estimate of drug-likeness (QED) is 0.854. The van der Waals surface area contributed by atoms with E-state index in [0.717, 1.165) is 63.8 Å². The molecule has 4 heteroatoms. The van der Waals surface area contributed by atoms with Crippen molar-refractivity contribution in [3.8, 4) is 5.75 Å². The predicted octanol–water partition coefficient (Wildman–Crippen LogP) is 2.73. The predicted molar refractivity (Wildman–Crippen MR) is 88.8 cm³/mol. The standard InChI is InChI=1S/C19H27NO3/c1-2-4-17(5-3-1)23-18-12-19(22-15-18)7-9-20(10-8-19)13-16-6-11-21-14-16/h1-5,16,18H,6-15H2/t16-,18-/m1/s1. The van der Waals surface area contributed by atoms with Gasteiger partial charge in [-0.05, 0) is 37.3 Å². The van der Waals surface area contributed by atoms with Crippen LogP contribution in [0.2, 0.25) is 0 Å². The van der Waals surface area contributed by atoms with Crippen LogP contribution in [0.3, 0.4) is 0 Å². The fourth-order valence-corrected chi connectivity index (χ4v) is 4.15. The molecule has 126 valence electrons. The molecule has 3 aliphatic heterocycles. The minimum atomic E-state index is 0.0577. The van der Waals surface area contributed by atoms with Crippen molar-refractivity contribution in [2.75, 3.05) is 39.5 Å². The minimum Gasteiger partial charge on any atom is -0.488 e. The molecule has 0 unspecified atom stereocenters. The van der Waals surface area contributed by atoms with E-state index in [1.807, 2.05) is 30.3 Å². The maximum Gasteiger partial charge on any atom is 0.125 e. The van der Waals surface area contributed by atoms with Crippen molar-refractivity contribution in [2.45, 2.75) is 37.4 Å². The van der Waals surface area contributed by atoms with Gasteiger partial charge in [0.1, 0.15) is 11.9 Å². The first-order valence-electron chi connectivity index (χ1n) is 8.97. The van der Waals surface area contributed by atoms with Crippen LogP contribution in [0.15, 0.2) is 30.3 Å². The Morgan fingerprint density at radius 1 is 1.13 bits per heavy atom. The molecule has 3 aliphatic rings. The van der Waals surface area contributed by atoms with Gasteiger partial charge in [-0.2, -0.15) is 0 Å². The van der Waals surface area contributed by atoms with Crippen molar-refractivity contribution in [1.82, 2.24) is 4.90 Å². The Bertz CT molecular complexity index is 493. The fraction of sp³-hybridized carbons (Fsp3) is 0.684. The Labute approximate surface area is 138 Å². The summed E-state index contributed by atoms with van der Waals surface area (Å²) in [6.07, 6.45) is 4.73. The monoisotopic (exact) mass is 317 g/mol. The summed E-state index contributed by atoms with van der Waals surface area (Å²) in [7, 11) is 0. The van der Waals surface area contributed by atoms with Crippen molar-refractivity contribution in [3.63, 3.8) is 0 Å². The first-order chi connectivity index (χ1) is 11.3. The van der Waals surface area contributed by atoms with Crippen LogP contribution in [0.1, 0.15) is 25.7 Å². The number of hydrogen-bond donors (Lipinski definition) is 0. The Balaban J connectivity index is 1.26. The molecule has 0 radical (unpaired) electrons. The van der Waals surface area contributed by atoms with Crippen LogP contribution in [0, 0.1) is 5.92 Å². The minimum absolute atomic E-state index is 0.0577. The van der Waals surface area contributed by atoms with Crippen LogP contribution in [0.5, 0.6) is 5.75 Å². The lowest BCUT2D eigenvalue weighted by atomic mass is 9.87. The zero-order valence-electron chi connectivity index (χ0n) is 13.8. The molecule has 2 atom stereocenters. The molecule has 1 aromatic rings. The molecular weight excluding hydrogens is 290 g/mol. The van der Waals surface area contributed by atoms with Crippen LogP contribution in [-0.4, -0.2) is 56.1 Å². The van der Waals surface area contributed by atoms with E-state index < -0.39 is 0 Å². The van der Waals surface area contributed by atoms with Gasteiger partial charge in [-0.1, -0.05) is 18.2 Å². The number of rotatable bonds is 4. The third kappa shape index (κ3) is 3.70. The van der Waals surface area contributed by atoms with E-state index in [-0.39, 0.29) is 11.7 Å². The molecule has 0 aromatic heterocycles. The average Bonchev–Trinajstić information content (AvgIpc) is 3.22. The SMILES string of the molecule is c1ccc(O[C@H]2COC3(CCN(C[C@H]4CCOC4)CC3)C2)cc1. The molecule has 4 rings (SSSR count). The lowest BCUT2D eigenvalue weighted by molar-refractivity contribution is -0.0462. The third-order valence-electron chi connectivity index (χ3n) is 5.53. The summed E-state index contributed by atoms with van der Waals surface area (Å²) in [5.74, 6) is 1.69. The smallest absolute Gasteiger partial charge is 0.125 e. The van der Waals surface area contributed by atoms with E-state index in [4.69, 9.17) is 14.2 Å². The van der Waals surface area contributed by atoms with Gasteiger partial charge in [0, 0.05) is 32.7 Å². The number of hydrogen-bond acceptors (Lipinski definition) is 4. The maximum atomic E-state index is 6.21. The van der Waals surface area contributed by atoms with E-state index in [1.165, 1.54) is 13.0 Å². The molecule has 0 amide bonds. The number of likely N-dealkylation sites (tertiary alicyclic amines) is 1. The summed E-state index contributed by atoms with van der Waals surface area (Å²) in [5.41, 5.74) is 0.0577. The highest BCUT2D eigenvalue weighted by Gasteiger charge is 2.43. The van der Waals surface area contributed by atoms with Crippen molar-refractivity contribution < 1.29 is 14.2 Å². The van der Waals surface area contributed by atoms with Crippen molar-refractivity contribution in [1.29, 1.82) is 0 Å². The first-order valence-corrected chi connectivity index (χ1v) is 8.97. The zero-order chi connectivity index (χ0) is 15.5. The molecule has 0 saturated carbocycles. The molecule has 4 nitrogen and oxygen atoms in total. The average molecular weight is 317 g/mol. The molecule has 1 aromatic carbocycles. The summed E-state index contributed by atoms with van der Waals surface area (Å²) in [6.45, 7) is 6.11. The van der Waals surface area contributed by atoms with Crippen LogP contribution >= 0.6 is 0 Å². The van der Waals surface area contributed by atoms with Crippen molar-refractivity contribution in [3.05, 3.63) is 30.3 Å². The van der Waals surface area contributed by atoms with E-state index in [0.29, 0.717) is 0 Å². The number of ether oxygens (including phenoxy) is 3. The van der Waals surface area contributed by atoms with Gasteiger partial charge in [-0.25, -0.2) is 0 Å². The molecule has 1 spiro atoms. The topological polar surface area (TPSA) is 30.9 Å². The van der Waals surface area contributed by atoms with E-state index in [2.05, 4.69) is 4.90 Å². The Morgan fingerprint density at radius 3 is 2.70 bits per heavy atom. The van der Waals surface area contributed by atoms with E-state index >= 15 is 0 Å². The van der Waals surface area contributed by atoms with Crippen LogP contribution in [0.25, 0.3) is 0 Å².